The van der Waals surface area contributed by atoms with Crippen LogP contribution in [0.15, 0.2) is 48.5 Å². The molecule has 1 amide bonds. The van der Waals surface area contributed by atoms with Crippen molar-refractivity contribution in [1.82, 2.24) is 5.32 Å². The highest BCUT2D eigenvalue weighted by Crippen LogP contribution is 2.15. The number of amides is 1. The van der Waals surface area contributed by atoms with Crippen molar-refractivity contribution >= 4 is 11.6 Å². The Balaban J connectivity index is 1.81. The highest BCUT2D eigenvalue weighted by atomic mass is 16.1. The van der Waals surface area contributed by atoms with Gasteiger partial charge in [-0.25, -0.2) is 0 Å². The first-order valence-electron chi connectivity index (χ1n) is 6.77. The summed E-state index contributed by atoms with van der Waals surface area (Å²) in [6.07, 6.45) is 0. The lowest BCUT2D eigenvalue weighted by atomic mass is 10.1. The monoisotopic (exact) mass is 268 g/mol. The zero-order chi connectivity index (χ0) is 14.4. The van der Waals surface area contributed by atoms with Crippen molar-refractivity contribution in [2.45, 2.75) is 20.4 Å². The number of hydrogen-bond donors (Lipinski definition) is 2. The summed E-state index contributed by atoms with van der Waals surface area (Å²) in [6, 6.07) is 16.0. The van der Waals surface area contributed by atoms with Crippen LogP contribution in [0.3, 0.4) is 0 Å². The van der Waals surface area contributed by atoms with Gasteiger partial charge in [0.05, 0.1) is 6.54 Å². The van der Waals surface area contributed by atoms with Gasteiger partial charge < -0.3 is 10.6 Å². The number of benzene rings is 2. The van der Waals surface area contributed by atoms with E-state index in [1.165, 1.54) is 11.1 Å². The standard InChI is InChI=1S/C17H20N2O/c1-13-8-9-16(14(2)10-13)19-17(20)12-18-11-15-6-4-3-5-7-15/h3-10,18H,11-12H2,1-2H3,(H,19,20). The number of carbonyl (C=O) groups is 1. The van der Waals surface area contributed by atoms with Gasteiger partial charge in [0.1, 0.15) is 0 Å². The molecule has 0 spiro atoms. The summed E-state index contributed by atoms with van der Waals surface area (Å²) in [5.74, 6) is -0.0205. The predicted molar refractivity (Wildman–Crippen MR) is 82.7 cm³/mol. The SMILES string of the molecule is Cc1ccc(NC(=O)CNCc2ccccc2)c(C)c1. The van der Waals surface area contributed by atoms with E-state index in [2.05, 4.69) is 16.7 Å². The molecular weight excluding hydrogens is 248 g/mol. The van der Waals surface area contributed by atoms with E-state index in [9.17, 15) is 4.79 Å². The Hall–Kier alpha value is -2.13. The third-order valence-corrected chi connectivity index (χ3v) is 3.11. The lowest BCUT2D eigenvalue weighted by molar-refractivity contribution is -0.115. The molecule has 2 rings (SSSR count). The first kappa shape index (κ1) is 14.3. The van der Waals surface area contributed by atoms with Gasteiger partial charge in [-0.3, -0.25) is 4.79 Å². The Kier molecular flexibility index (Phi) is 4.91. The van der Waals surface area contributed by atoms with Gasteiger partial charge in [-0.1, -0.05) is 48.0 Å². The smallest absolute Gasteiger partial charge is 0.238 e. The molecule has 2 N–H and O–H groups in total. The molecule has 0 aliphatic heterocycles. The van der Waals surface area contributed by atoms with Crippen LogP contribution in [-0.2, 0) is 11.3 Å². The van der Waals surface area contributed by atoms with Crippen molar-refractivity contribution in [3.63, 3.8) is 0 Å². The van der Waals surface area contributed by atoms with Crippen molar-refractivity contribution in [3.8, 4) is 0 Å². The normalized spacial score (nSPS) is 10.3. The van der Waals surface area contributed by atoms with Crippen LogP contribution in [0.25, 0.3) is 0 Å². The van der Waals surface area contributed by atoms with E-state index in [-0.39, 0.29) is 5.91 Å². The number of carbonyl (C=O) groups excluding carboxylic acids is 1. The maximum atomic E-state index is 11.9. The largest absolute Gasteiger partial charge is 0.325 e. The number of nitrogens with one attached hydrogen (secondary N) is 2. The van der Waals surface area contributed by atoms with Gasteiger partial charge in [0.25, 0.3) is 0 Å². The van der Waals surface area contributed by atoms with Gasteiger partial charge in [-0.05, 0) is 31.0 Å². The molecular formula is C17H20N2O. The second kappa shape index (κ2) is 6.87. The van der Waals surface area contributed by atoms with Gasteiger partial charge in [0.15, 0.2) is 0 Å². The van der Waals surface area contributed by atoms with Crippen LogP contribution in [0.2, 0.25) is 0 Å². The summed E-state index contributed by atoms with van der Waals surface area (Å²) < 4.78 is 0. The maximum absolute atomic E-state index is 11.9. The predicted octanol–water partition coefficient (Wildman–Crippen LogP) is 3.03. The van der Waals surface area contributed by atoms with Gasteiger partial charge in [0, 0.05) is 12.2 Å². The molecule has 0 bridgehead atoms. The lowest BCUT2D eigenvalue weighted by Gasteiger charge is -2.10. The van der Waals surface area contributed by atoms with Crippen LogP contribution >= 0.6 is 0 Å². The second-order valence-electron chi connectivity index (χ2n) is 4.96. The summed E-state index contributed by atoms with van der Waals surface area (Å²) >= 11 is 0. The number of aryl methyl sites for hydroxylation is 2. The third kappa shape index (κ3) is 4.21. The molecule has 0 unspecified atom stereocenters. The van der Waals surface area contributed by atoms with E-state index >= 15 is 0 Å². The molecule has 0 aromatic heterocycles. The summed E-state index contributed by atoms with van der Waals surface area (Å²) in [5, 5.41) is 6.06. The topological polar surface area (TPSA) is 41.1 Å². The summed E-state index contributed by atoms with van der Waals surface area (Å²) in [7, 11) is 0. The maximum Gasteiger partial charge on any atom is 0.238 e. The Bertz CT molecular complexity index is 579. The quantitative estimate of drug-likeness (QED) is 0.875. The first-order valence-corrected chi connectivity index (χ1v) is 6.77. The molecule has 20 heavy (non-hydrogen) atoms. The number of hydrogen-bond acceptors (Lipinski definition) is 2. The average Bonchev–Trinajstić information content (AvgIpc) is 2.43. The molecule has 0 aliphatic rings. The zero-order valence-electron chi connectivity index (χ0n) is 11.9. The number of rotatable bonds is 5. The summed E-state index contributed by atoms with van der Waals surface area (Å²) in [5.41, 5.74) is 4.33. The minimum Gasteiger partial charge on any atom is -0.325 e. The van der Waals surface area contributed by atoms with E-state index in [4.69, 9.17) is 0 Å². The highest BCUT2D eigenvalue weighted by Gasteiger charge is 2.04. The molecule has 0 aliphatic carbocycles. The fourth-order valence-electron chi connectivity index (χ4n) is 2.06. The Labute approximate surface area is 120 Å². The molecule has 2 aromatic rings. The van der Waals surface area contributed by atoms with Gasteiger partial charge in [-0.15, -0.1) is 0 Å². The first-order chi connectivity index (χ1) is 9.65. The van der Waals surface area contributed by atoms with Gasteiger partial charge in [-0.2, -0.15) is 0 Å². The van der Waals surface area contributed by atoms with Crippen molar-refractivity contribution in [1.29, 1.82) is 0 Å². The Morgan fingerprint density at radius 3 is 2.50 bits per heavy atom. The van der Waals surface area contributed by atoms with E-state index in [1.807, 2.05) is 56.3 Å². The average molecular weight is 268 g/mol. The summed E-state index contributed by atoms with van der Waals surface area (Å²) in [6.45, 7) is 5.05. The van der Waals surface area contributed by atoms with Crippen molar-refractivity contribution in [2.75, 3.05) is 11.9 Å². The zero-order valence-corrected chi connectivity index (χ0v) is 11.9. The fraction of sp³-hybridized carbons (Fsp3) is 0.235. The fourth-order valence-corrected chi connectivity index (χ4v) is 2.06. The molecule has 0 heterocycles. The van der Waals surface area contributed by atoms with Crippen LogP contribution in [0.5, 0.6) is 0 Å². The van der Waals surface area contributed by atoms with Gasteiger partial charge in [0.2, 0.25) is 5.91 Å². The minimum atomic E-state index is -0.0205. The van der Waals surface area contributed by atoms with E-state index in [0.29, 0.717) is 13.1 Å². The molecule has 0 fully saturated rings. The highest BCUT2D eigenvalue weighted by molar-refractivity contribution is 5.92. The second-order valence-corrected chi connectivity index (χ2v) is 4.96. The molecule has 0 atom stereocenters. The van der Waals surface area contributed by atoms with Crippen LogP contribution in [-0.4, -0.2) is 12.5 Å². The molecule has 0 saturated carbocycles. The summed E-state index contributed by atoms with van der Waals surface area (Å²) in [4.78, 5) is 11.9. The van der Waals surface area contributed by atoms with Crippen molar-refractivity contribution in [3.05, 3.63) is 65.2 Å². The lowest BCUT2D eigenvalue weighted by Crippen LogP contribution is -2.27. The molecule has 104 valence electrons. The third-order valence-electron chi connectivity index (χ3n) is 3.11. The van der Waals surface area contributed by atoms with Crippen molar-refractivity contribution in [2.24, 2.45) is 0 Å². The van der Waals surface area contributed by atoms with E-state index in [1.54, 1.807) is 0 Å². The van der Waals surface area contributed by atoms with Crippen LogP contribution < -0.4 is 10.6 Å². The van der Waals surface area contributed by atoms with Crippen LogP contribution in [0.4, 0.5) is 5.69 Å². The molecule has 3 nitrogen and oxygen atoms in total. The van der Waals surface area contributed by atoms with Crippen LogP contribution in [0, 0.1) is 13.8 Å². The van der Waals surface area contributed by atoms with Crippen LogP contribution in [0.1, 0.15) is 16.7 Å². The molecule has 2 aromatic carbocycles. The van der Waals surface area contributed by atoms with Crippen molar-refractivity contribution < 1.29 is 4.79 Å². The van der Waals surface area contributed by atoms with E-state index in [0.717, 1.165) is 11.3 Å². The Morgan fingerprint density at radius 1 is 1.05 bits per heavy atom. The molecule has 3 heteroatoms. The van der Waals surface area contributed by atoms with E-state index < -0.39 is 0 Å². The Morgan fingerprint density at radius 2 is 1.80 bits per heavy atom. The number of anilines is 1. The molecule has 0 saturated heterocycles. The minimum absolute atomic E-state index is 0.0205. The molecule has 0 radical (unpaired) electrons. The van der Waals surface area contributed by atoms with Gasteiger partial charge >= 0.3 is 0 Å².